The molecule has 1 aromatic carbocycles. The van der Waals surface area contributed by atoms with Gasteiger partial charge in [0, 0.05) is 10.6 Å². The van der Waals surface area contributed by atoms with Crippen LogP contribution in [0.3, 0.4) is 0 Å². The number of carbonyl (C=O) groups excluding carboxylic acids is 1. The minimum absolute atomic E-state index is 0.000959. The third kappa shape index (κ3) is 4.52. The molecule has 0 saturated carbocycles. The zero-order valence-corrected chi connectivity index (χ0v) is 13.9. The number of carbonyl (C=O) groups is 1. The van der Waals surface area contributed by atoms with Gasteiger partial charge in [-0.05, 0) is 31.5 Å². The highest BCUT2D eigenvalue weighted by atomic mass is 35.5. The second-order valence-electron chi connectivity index (χ2n) is 5.43. The molecule has 1 heterocycles. The fourth-order valence-corrected chi connectivity index (χ4v) is 5.42. The maximum absolute atomic E-state index is 12.0. The Morgan fingerprint density at radius 2 is 2.24 bits per heavy atom. The number of rotatable bonds is 4. The number of halogens is 1. The van der Waals surface area contributed by atoms with E-state index in [-0.39, 0.29) is 23.2 Å². The predicted octanol–water partition coefficient (Wildman–Crippen LogP) is 1.71. The number of anilines is 1. The highest BCUT2D eigenvalue weighted by Crippen LogP contribution is 2.29. The number of nitrogens with one attached hydrogen (secondary N) is 1. The average molecular weight is 349 g/mol. The van der Waals surface area contributed by atoms with E-state index in [2.05, 4.69) is 5.32 Å². The van der Waals surface area contributed by atoms with Gasteiger partial charge < -0.3 is 11.1 Å². The summed E-state index contributed by atoms with van der Waals surface area (Å²) in [6, 6.07) is 5.11. The molecule has 1 amide bonds. The molecule has 0 aliphatic carbocycles. The summed E-state index contributed by atoms with van der Waals surface area (Å²) in [6.07, 6.45) is 0.453. The lowest BCUT2D eigenvalue weighted by molar-refractivity contribution is -0.120. The standard InChI is InChI=1S/C13H17ClN2O3S2/c1-13(4-5-21(18,19)8-13)16-12(17)7-20-11-3-2-9(15)6-10(11)14/h2-3,6H,4-5,7-8,15H2,1H3,(H,16,17). The van der Waals surface area contributed by atoms with Crippen LogP contribution in [0.15, 0.2) is 23.1 Å². The Morgan fingerprint density at radius 1 is 1.52 bits per heavy atom. The van der Waals surface area contributed by atoms with Crippen molar-refractivity contribution in [1.29, 1.82) is 0 Å². The molecule has 5 nitrogen and oxygen atoms in total. The normalized spacial score (nSPS) is 23.9. The zero-order chi connectivity index (χ0) is 15.7. The van der Waals surface area contributed by atoms with Crippen molar-refractivity contribution < 1.29 is 13.2 Å². The SMILES string of the molecule is CC1(NC(=O)CSc2ccc(N)cc2Cl)CCS(=O)(=O)C1. The lowest BCUT2D eigenvalue weighted by Crippen LogP contribution is -2.47. The van der Waals surface area contributed by atoms with E-state index in [4.69, 9.17) is 17.3 Å². The van der Waals surface area contributed by atoms with Crippen LogP contribution < -0.4 is 11.1 Å². The number of amides is 1. The van der Waals surface area contributed by atoms with Gasteiger partial charge in [-0.15, -0.1) is 11.8 Å². The average Bonchev–Trinajstić information content (AvgIpc) is 2.62. The number of hydrogen-bond acceptors (Lipinski definition) is 5. The molecule has 1 atom stereocenters. The molecular formula is C13H17ClN2O3S2. The quantitative estimate of drug-likeness (QED) is 0.638. The van der Waals surface area contributed by atoms with Crippen LogP contribution in [0.4, 0.5) is 5.69 Å². The van der Waals surface area contributed by atoms with Gasteiger partial charge in [0.1, 0.15) is 0 Å². The van der Waals surface area contributed by atoms with E-state index < -0.39 is 15.4 Å². The molecule has 0 aromatic heterocycles. The van der Waals surface area contributed by atoms with Crippen molar-refractivity contribution in [3.05, 3.63) is 23.2 Å². The van der Waals surface area contributed by atoms with Crippen LogP contribution in [-0.2, 0) is 14.6 Å². The summed E-state index contributed by atoms with van der Waals surface area (Å²) in [4.78, 5) is 12.7. The molecule has 21 heavy (non-hydrogen) atoms. The van der Waals surface area contributed by atoms with Gasteiger partial charge in [0.15, 0.2) is 9.84 Å². The van der Waals surface area contributed by atoms with Crippen molar-refractivity contribution in [2.24, 2.45) is 0 Å². The molecular weight excluding hydrogens is 332 g/mol. The number of nitrogen functional groups attached to an aromatic ring is 1. The van der Waals surface area contributed by atoms with Crippen LogP contribution in [0.25, 0.3) is 0 Å². The first-order chi connectivity index (χ1) is 9.69. The van der Waals surface area contributed by atoms with Crippen LogP contribution in [0.1, 0.15) is 13.3 Å². The molecule has 0 bridgehead atoms. The first-order valence-corrected chi connectivity index (χ1v) is 9.57. The van der Waals surface area contributed by atoms with E-state index in [9.17, 15) is 13.2 Å². The second kappa shape index (κ2) is 6.06. The maximum Gasteiger partial charge on any atom is 0.230 e. The lowest BCUT2D eigenvalue weighted by Gasteiger charge is -2.23. The van der Waals surface area contributed by atoms with Crippen LogP contribution in [0.5, 0.6) is 0 Å². The molecule has 8 heteroatoms. The van der Waals surface area contributed by atoms with E-state index in [1.807, 2.05) is 0 Å². The first kappa shape index (κ1) is 16.5. The number of thioether (sulfide) groups is 1. The Hall–Kier alpha value is -0.920. The van der Waals surface area contributed by atoms with Gasteiger partial charge in [-0.1, -0.05) is 11.6 Å². The van der Waals surface area contributed by atoms with E-state index >= 15 is 0 Å². The van der Waals surface area contributed by atoms with Gasteiger partial charge in [-0.2, -0.15) is 0 Å². The molecule has 1 fully saturated rings. The molecule has 116 valence electrons. The summed E-state index contributed by atoms with van der Waals surface area (Å²) in [5, 5.41) is 3.31. The second-order valence-corrected chi connectivity index (χ2v) is 9.04. The topological polar surface area (TPSA) is 89.3 Å². The van der Waals surface area contributed by atoms with Crippen molar-refractivity contribution in [1.82, 2.24) is 5.32 Å². The van der Waals surface area contributed by atoms with E-state index in [1.165, 1.54) is 11.8 Å². The summed E-state index contributed by atoms with van der Waals surface area (Å²) in [6.45, 7) is 1.76. The Bertz CT molecular complexity index is 663. The monoisotopic (exact) mass is 348 g/mol. The summed E-state index contributed by atoms with van der Waals surface area (Å²) in [5.41, 5.74) is 5.51. The van der Waals surface area contributed by atoms with Gasteiger partial charge in [0.05, 0.1) is 27.8 Å². The molecule has 1 unspecified atom stereocenters. The molecule has 1 aliphatic rings. The summed E-state index contributed by atoms with van der Waals surface area (Å²) < 4.78 is 23.0. The van der Waals surface area contributed by atoms with Gasteiger partial charge in [0.2, 0.25) is 5.91 Å². The molecule has 1 aromatic rings. The summed E-state index contributed by atoms with van der Waals surface area (Å²) in [7, 11) is -3.03. The van der Waals surface area contributed by atoms with Crippen molar-refractivity contribution in [3.63, 3.8) is 0 Å². The minimum atomic E-state index is -3.03. The van der Waals surface area contributed by atoms with Crippen molar-refractivity contribution in [3.8, 4) is 0 Å². The Kier molecular flexibility index (Phi) is 4.75. The Morgan fingerprint density at radius 3 is 2.81 bits per heavy atom. The first-order valence-electron chi connectivity index (χ1n) is 6.38. The minimum Gasteiger partial charge on any atom is -0.399 e. The molecule has 1 aliphatic heterocycles. The van der Waals surface area contributed by atoms with Gasteiger partial charge >= 0.3 is 0 Å². The smallest absolute Gasteiger partial charge is 0.230 e. The molecule has 0 radical (unpaired) electrons. The third-order valence-electron chi connectivity index (χ3n) is 3.26. The number of benzene rings is 1. The summed E-state index contributed by atoms with van der Waals surface area (Å²) >= 11 is 7.33. The Labute approximate surface area is 133 Å². The van der Waals surface area contributed by atoms with E-state index in [0.29, 0.717) is 17.1 Å². The predicted molar refractivity (Wildman–Crippen MR) is 86.4 cm³/mol. The highest BCUT2D eigenvalue weighted by Gasteiger charge is 2.39. The summed E-state index contributed by atoms with van der Waals surface area (Å²) in [5.74, 6) is 0.103. The van der Waals surface area contributed by atoms with Crippen molar-refractivity contribution >= 4 is 44.8 Å². The third-order valence-corrected chi connectivity index (χ3v) is 6.66. The van der Waals surface area contributed by atoms with Crippen LogP contribution in [-0.4, -0.2) is 37.1 Å². The molecule has 2 rings (SSSR count). The fourth-order valence-electron chi connectivity index (χ4n) is 2.26. The van der Waals surface area contributed by atoms with Crippen LogP contribution in [0.2, 0.25) is 5.02 Å². The van der Waals surface area contributed by atoms with Crippen molar-refractivity contribution in [2.45, 2.75) is 23.8 Å². The van der Waals surface area contributed by atoms with Crippen LogP contribution >= 0.6 is 23.4 Å². The maximum atomic E-state index is 12.0. The largest absolute Gasteiger partial charge is 0.399 e. The van der Waals surface area contributed by atoms with E-state index in [0.717, 1.165) is 4.90 Å². The highest BCUT2D eigenvalue weighted by molar-refractivity contribution is 8.00. The van der Waals surface area contributed by atoms with Gasteiger partial charge in [-0.3, -0.25) is 4.79 Å². The van der Waals surface area contributed by atoms with Crippen LogP contribution in [0, 0.1) is 0 Å². The fraction of sp³-hybridized carbons (Fsp3) is 0.462. The number of hydrogen-bond donors (Lipinski definition) is 2. The van der Waals surface area contributed by atoms with Crippen molar-refractivity contribution in [2.75, 3.05) is 23.0 Å². The number of sulfone groups is 1. The van der Waals surface area contributed by atoms with E-state index in [1.54, 1.807) is 25.1 Å². The lowest BCUT2D eigenvalue weighted by atomic mass is 10.0. The number of nitrogens with two attached hydrogens (primary N) is 1. The van der Waals surface area contributed by atoms with Gasteiger partial charge in [0.25, 0.3) is 0 Å². The Balaban J connectivity index is 1.91. The molecule has 1 saturated heterocycles. The molecule has 0 spiro atoms. The molecule has 3 N–H and O–H groups in total. The van der Waals surface area contributed by atoms with Gasteiger partial charge in [-0.25, -0.2) is 8.42 Å². The zero-order valence-electron chi connectivity index (χ0n) is 11.6.